The standard InChI is InChI=1S/C56H44N2/c1-35-15-6-8-18-41(35)42-29-26-39(31-36(42)2)58(40-27-30-47-45-20-12-13-24-52(45)57(5)53(47)33-40)54-34-51-55(48-22-11-10-21-46(48)54)49-28-25-38(32-50(49)56(51,3)4)44-23-14-17-37-16-7-9-19-43(37)44/h6-34H,1-5H3. The third-order valence-corrected chi connectivity index (χ3v) is 13.1. The van der Waals surface area contributed by atoms with E-state index in [1.54, 1.807) is 0 Å². The van der Waals surface area contributed by atoms with Gasteiger partial charge in [-0.3, -0.25) is 0 Å². The van der Waals surface area contributed by atoms with Gasteiger partial charge in [0, 0.05) is 45.5 Å². The highest BCUT2D eigenvalue weighted by Gasteiger charge is 2.38. The topological polar surface area (TPSA) is 8.17 Å². The van der Waals surface area contributed by atoms with Crippen LogP contribution in [0.25, 0.3) is 76.7 Å². The van der Waals surface area contributed by atoms with Gasteiger partial charge in [0.25, 0.3) is 0 Å². The molecule has 1 aromatic heterocycles. The Hall–Kier alpha value is -6.90. The maximum Gasteiger partial charge on any atom is 0.0543 e. The minimum absolute atomic E-state index is 0.236. The molecule has 58 heavy (non-hydrogen) atoms. The zero-order valence-electron chi connectivity index (χ0n) is 33.6. The molecule has 2 nitrogen and oxygen atoms in total. The number of hydrogen-bond donors (Lipinski definition) is 0. The minimum Gasteiger partial charge on any atom is -0.344 e. The van der Waals surface area contributed by atoms with Crippen LogP contribution in [-0.2, 0) is 12.5 Å². The van der Waals surface area contributed by atoms with E-state index in [0.717, 1.165) is 11.4 Å². The van der Waals surface area contributed by atoms with Crippen molar-refractivity contribution in [2.24, 2.45) is 7.05 Å². The molecule has 0 radical (unpaired) electrons. The smallest absolute Gasteiger partial charge is 0.0543 e. The van der Waals surface area contributed by atoms with Crippen LogP contribution in [0, 0.1) is 13.8 Å². The Morgan fingerprint density at radius 3 is 1.88 bits per heavy atom. The predicted octanol–water partition coefficient (Wildman–Crippen LogP) is 15.4. The molecule has 9 aromatic carbocycles. The number of benzene rings is 9. The van der Waals surface area contributed by atoms with Crippen LogP contribution >= 0.6 is 0 Å². The van der Waals surface area contributed by atoms with E-state index in [2.05, 4.69) is 220 Å². The normalized spacial score (nSPS) is 13.1. The summed E-state index contributed by atoms with van der Waals surface area (Å²) in [6.45, 7) is 9.28. The van der Waals surface area contributed by atoms with E-state index in [9.17, 15) is 0 Å². The van der Waals surface area contributed by atoms with Crippen LogP contribution in [0.2, 0.25) is 0 Å². The van der Waals surface area contributed by atoms with Gasteiger partial charge < -0.3 is 9.47 Å². The summed E-state index contributed by atoms with van der Waals surface area (Å²) in [5.41, 5.74) is 18.7. The van der Waals surface area contributed by atoms with Gasteiger partial charge >= 0.3 is 0 Å². The molecule has 0 spiro atoms. The molecule has 0 N–H and O–H groups in total. The van der Waals surface area contributed by atoms with Crippen LogP contribution in [-0.4, -0.2) is 4.57 Å². The molecule has 10 aromatic rings. The third-order valence-electron chi connectivity index (χ3n) is 13.1. The highest BCUT2D eigenvalue weighted by Crippen LogP contribution is 2.55. The molecule has 11 rings (SSSR count). The van der Waals surface area contributed by atoms with Crippen molar-refractivity contribution in [3.63, 3.8) is 0 Å². The number of anilines is 3. The van der Waals surface area contributed by atoms with E-state index in [4.69, 9.17) is 0 Å². The lowest BCUT2D eigenvalue weighted by Gasteiger charge is -2.30. The fourth-order valence-electron chi connectivity index (χ4n) is 10.1. The number of aromatic nitrogens is 1. The molecule has 0 bridgehead atoms. The van der Waals surface area contributed by atoms with E-state index in [0.29, 0.717) is 0 Å². The van der Waals surface area contributed by atoms with Crippen molar-refractivity contribution in [2.45, 2.75) is 33.1 Å². The second-order valence-electron chi connectivity index (χ2n) is 16.7. The average Bonchev–Trinajstić information content (AvgIpc) is 3.66. The third kappa shape index (κ3) is 5.04. The Bertz CT molecular complexity index is 3300. The summed E-state index contributed by atoms with van der Waals surface area (Å²) in [6, 6.07) is 65.6. The zero-order valence-corrected chi connectivity index (χ0v) is 33.6. The van der Waals surface area contributed by atoms with E-state index >= 15 is 0 Å². The Morgan fingerprint density at radius 2 is 1.05 bits per heavy atom. The first kappa shape index (κ1) is 34.4. The first-order valence-corrected chi connectivity index (χ1v) is 20.4. The molecular weight excluding hydrogens is 701 g/mol. The number of rotatable bonds is 5. The van der Waals surface area contributed by atoms with Gasteiger partial charge in [-0.1, -0.05) is 147 Å². The van der Waals surface area contributed by atoms with E-state index in [1.165, 1.54) is 105 Å². The van der Waals surface area contributed by atoms with Crippen molar-refractivity contribution < 1.29 is 0 Å². The van der Waals surface area contributed by atoms with E-state index in [-0.39, 0.29) is 5.41 Å². The molecule has 0 unspecified atom stereocenters. The lowest BCUT2D eigenvalue weighted by Crippen LogP contribution is -2.17. The van der Waals surface area contributed by atoms with Gasteiger partial charge in [-0.15, -0.1) is 0 Å². The second kappa shape index (κ2) is 12.8. The van der Waals surface area contributed by atoms with E-state index in [1.807, 2.05) is 0 Å². The van der Waals surface area contributed by atoms with Crippen LogP contribution in [0.1, 0.15) is 36.1 Å². The number of hydrogen-bond acceptors (Lipinski definition) is 1. The lowest BCUT2D eigenvalue weighted by atomic mass is 9.80. The highest BCUT2D eigenvalue weighted by molar-refractivity contribution is 6.12. The first-order valence-electron chi connectivity index (χ1n) is 20.4. The van der Waals surface area contributed by atoms with Crippen molar-refractivity contribution in [1.82, 2.24) is 4.57 Å². The molecule has 0 saturated heterocycles. The molecule has 0 fully saturated rings. The Morgan fingerprint density at radius 1 is 0.431 bits per heavy atom. The van der Waals surface area contributed by atoms with Crippen LogP contribution < -0.4 is 4.90 Å². The van der Waals surface area contributed by atoms with Gasteiger partial charge in [-0.2, -0.15) is 0 Å². The molecule has 0 atom stereocenters. The van der Waals surface area contributed by atoms with Crippen LogP contribution in [0.15, 0.2) is 176 Å². The second-order valence-corrected chi connectivity index (χ2v) is 16.7. The van der Waals surface area contributed by atoms with Gasteiger partial charge in [-0.05, 0) is 128 Å². The SMILES string of the molecule is Cc1ccccc1-c1ccc(N(c2ccc3c4ccccc4n(C)c3c2)c2cc3c(c4ccccc24)-c2ccc(-c4cccc5ccccc45)cc2C3(C)C)cc1C. The Kier molecular flexibility index (Phi) is 7.59. The number of fused-ring (bicyclic) bond motifs is 9. The molecular formula is C56H44N2. The molecule has 0 saturated carbocycles. The number of para-hydroxylation sites is 1. The van der Waals surface area contributed by atoms with E-state index < -0.39 is 0 Å². The number of nitrogens with zero attached hydrogens (tertiary/aromatic N) is 2. The lowest BCUT2D eigenvalue weighted by molar-refractivity contribution is 0.661. The molecule has 278 valence electrons. The maximum absolute atomic E-state index is 2.51. The summed E-state index contributed by atoms with van der Waals surface area (Å²) in [5, 5.41) is 7.62. The van der Waals surface area contributed by atoms with Gasteiger partial charge in [0.15, 0.2) is 0 Å². The van der Waals surface area contributed by atoms with Crippen LogP contribution in [0.4, 0.5) is 17.1 Å². The Balaban J connectivity index is 1.15. The van der Waals surface area contributed by atoms with Gasteiger partial charge in [0.05, 0.1) is 11.2 Å². The van der Waals surface area contributed by atoms with Gasteiger partial charge in [-0.25, -0.2) is 0 Å². The zero-order chi connectivity index (χ0) is 39.3. The fourth-order valence-corrected chi connectivity index (χ4v) is 10.1. The van der Waals surface area contributed by atoms with Crippen molar-refractivity contribution in [2.75, 3.05) is 4.90 Å². The highest BCUT2D eigenvalue weighted by atomic mass is 15.1. The van der Waals surface area contributed by atoms with Crippen LogP contribution in [0.5, 0.6) is 0 Å². The largest absolute Gasteiger partial charge is 0.344 e. The summed E-state index contributed by atoms with van der Waals surface area (Å²) in [7, 11) is 2.19. The summed E-state index contributed by atoms with van der Waals surface area (Å²) in [5.74, 6) is 0. The summed E-state index contributed by atoms with van der Waals surface area (Å²) < 4.78 is 2.34. The molecule has 1 aliphatic rings. The summed E-state index contributed by atoms with van der Waals surface area (Å²) in [4.78, 5) is 2.51. The molecule has 0 aliphatic heterocycles. The molecule has 2 heteroatoms. The van der Waals surface area contributed by atoms with Crippen LogP contribution in [0.3, 0.4) is 0 Å². The minimum atomic E-state index is -0.236. The Labute approximate surface area is 340 Å². The van der Waals surface area contributed by atoms with Gasteiger partial charge in [0.2, 0.25) is 0 Å². The monoisotopic (exact) mass is 744 g/mol. The summed E-state index contributed by atoms with van der Waals surface area (Å²) >= 11 is 0. The van der Waals surface area contributed by atoms with Crippen molar-refractivity contribution >= 4 is 60.4 Å². The van der Waals surface area contributed by atoms with Crippen molar-refractivity contribution in [3.8, 4) is 33.4 Å². The summed E-state index contributed by atoms with van der Waals surface area (Å²) in [6.07, 6.45) is 0. The molecule has 1 aliphatic carbocycles. The van der Waals surface area contributed by atoms with Gasteiger partial charge in [0.1, 0.15) is 0 Å². The van der Waals surface area contributed by atoms with Crippen molar-refractivity contribution in [3.05, 3.63) is 198 Å². The fraction of sp³-hybridized carbons (Fsp3) is 0.107. The first-order chi connectivity index (χ1) is 28.3. The number of aryl methyl sites for hydroxylation is 3. The molecule has 0 amide bonds. The predicted molar refractivity (Wildman–Crippen MR) is 248 cm³/mol. The quantitative estimate of drug-likeness (QED) is 0.170. The molecule has 1 heterocycles. The van der Waals surface area contributed by atoms with Crippen molar-refractivity contribution in [1.29, 1.82) is 0 Å². The average molecular weight is 745 g/mol. The maximum atomic E-state index is 2.51.